The Kier molecular flexibility index (Phi) is 6.28. The SMILES string of the molecule is CCCCc1nc(NC(=O)Cc2cncs2)c(C(=O)OCC)[nH]1. The summed E-state index contributed by atoms with van der Waals surface area (Å²) in [5.74, 6) is 0.135. The number of nitrogens with one attached hydrogen (secondary N) is 2. The number of carbonyl (C=O) groups excluding carboxylic acids is 2. The topological polar surface area (TPSA) is 97.0 Å². The number of thiazole rings is 1. The van der Waals surface area contributed by atoms with Crippen LogP contribution in [0.15, 0.2) is 11.7 Å². The average molecular weight is 336 g/mol. The number of hydrogen-bond donors (Lipinski definition) is 2. The van der Waals surface area contributed by atoms with Gasteiger partial charge < -0.3 is 15.0 Å². The van der Waals surface area contributed by atoms with Crippen LogP contribution < -0.4 is 5.32 Å². The van der Waals surface area contributed by atoms with Crippen molar-refractivity contribution in [1.29, 1.82) is 0 Å². The minimum Gasteiger partial charge on any atom is -0.461 e. The smallest absolute Gasteiger partial charge is 0.358 e. The lowest BCUT2D eigenvalue weighted by Crippen LogP contribution is -2.17. The molecular formula is C15H20N4O3S. The zero-order chi connectivity index (χ0) is 16.7. The van der Waals surface area contributed by atoms with E-state index in [0.29, 0.717) is 12.2 Å². The number of amides is 1. The molecule has 0 spiro atoms. The van der Waals surface area contributed by atoms with Crippen LogP contribution in [0.5, 0.6) is 0 Å². The molecular weight excluding hydrogens is 316 g/mol. The second-order valence-electron chi connectivity index (χ2n) is 4.92. The van der Waals surface area contributed by atoms with Crippen molar-refractivity contribution in [3.8, 4) is 0 Å². The molecule has 0 aromatic carbocycles. The van der Waals surface area contributed by atoms with Gasteiger partial charge in [0.2, 0.25) is 5.91 Å². The molecule has 0 aliphatic heterocycles. The van der Waals surface area contributed by atoms with Crippen molar-refractivity contribution >= 4 is 29.0 Å². The van der Waals surface area contributed by atoms with Crippen LogP contribution in [0.3, 0.4) is 0 Å². The highest BCUT2D eigenvalue weighted by Crippen LogP contribution is 2.16. The summed E-state index contributed by atoms with van der Waals surface area (Å²) in [6.45, 7) is 4.07. The molecule has 1 amide bonds. The number of aryl methyl sites for hydroxylation is 1. The predicted molar refractivity (Wildman–Crippen MR) is 87.6 cm³/mol. The van der Waals surface area contributed by atoms with Gasteiger partial charge in [-0.25, -0.2) is 9.78 Å². The van der Waals surface area contributed by atoms with E-state index in [1.54, 1.807) is 18.6 Å². The fourth-order valence-electron chi connectivity index (χ4n) is 1.99. The highest BCUT2D eigenvalue weighted by atomic mass is 32.1. The summed E-state index contributed by atoms with van der Waals surface area (Å²) >= 11 is 1.40. The van der Waals surface area contributed by atoms with E-state index < -0.39 is 5.97 Å². The largest absolute Gasteiger partial charge is 0.461 e. The first kappa shape index (κ1) is 17.1. The standard InChI is InChI=1S/C15H20N4O3S/c1-3-5-6-11-17-13(15(21)22-4-2)14(18-11)19-12(20)7-10-8-16-9-23-10/h8-9H,3-7H2,1-2H3,(H,17,18)(H,19,20). The Labute approximate surface area is 138 Å². The van der Waals surface area contributed by atoms with Gasteiger partial charge in [-0.3, -0.25) is 9.78 Å². The maximum Gasteiger partial charge on any atom is 0.358 e. The average Bonchev–Trinajstić information content (AvgIpc) is 3.15. The normalized spacial score (nSPS) is 10.5. The maximum atomic E-state index is 12.1. The van der Waals surface area contributed by atoms with Crippen molar-refractivity contribution in [2.45, 2.75) is 39.5 Å². The number of anilines is 1. The Morgan fingerprint density at radius 1 is 1.39 bits per heavy atom. The summed E-state index contributed by atoms with van der Waals surface area (Å²) in [4.78, 5) is 36.2. The summed E-state index contributed by atoms with van der Waals surface area (Å²) in [6, 6.07) is 0. The summed E-state index contributed by atoms with van der Waals surface area (Å²) < 4.78 is 5.00. The monoisotopic (exact) mass is 336 g/mol. The number of H-pyrrole nitrogens is 1. The van der Waals surface area contributed by atoms with E-state index in [1.807, 2.05) is 0 Å². The minimum absolute atomic E-state index is 0.190. The van der Waals surface area contributed by atoms with Crippen LogP contribution in [-0.2, 0) is 22.4 Å². The first-order valence-corrected chi connectivity index (χ1v) is 8.45. The molecule has 0 bridgehead atoms. The summed E-state index contributed by atoms with van der Waals surface area (Å²) in [5, 5.41) is 2.68. The van der Waals surface area contributed by atoms with Crippen LogP contribution in [0, 0.1) is 0 Å². The zero-order valence-electron chi connectivity index (χ0n) is 13.2. The molecule has 2 aromatic heterocycles. The molecule has 0 unspecified atom stereocenters. The zero-order valence-corrected chi connectivity index (χ0v) is 14.0. The molecule has 0 radical (unpaired) electrons. The number of unbranched alkanes of at least 4 members (excludes halogenated alkanes) is 1. The van der Waals surface area contributed by atoms with E-state index in [-0.39, 0.29) is 30.4 Å². The summed E-state index contributed by atoms with van der Waals surface area (Å²) in [7, 11) is 0. The molecule has 0 fully saturated rings. The quantitative estimate of drug-likeness (QED) is 0.722. The van der Waals surface area contributed by atoms with Gasteiger partial charge in [0.15, 0.2) is 11.5 Å². The fourth-order valence-corrected chi connectivity index (χ4v) is 2.58. The fraction of sp³-hybridized carbons (Fsp3) is 0.467. The number of ether oxygens (including phenoxy) is 1. The third kappa shape index (κ3) is 4.88. The number of carbonyl (C=O) groups is 2. The summed E-state index contributed by atoms with van der Waals surface area (Å²) in [6.07, 6.45) is 4.53. The van der Waals surface area contributed by atoms with E-state index in [4.69, 9.17) is 4.74 Å². The van der Waals surface area contributed by atoms with Crippen LogP contribution in [0.25, 0.3) is 0 Å². The number of aromatic nitrogens is 3. The highest BCUT2D eigenvalue weighted by Gasteiger charge is 2.20. The van der Waals surface area contributed by atoms with Gasteiger partial charge in [-0.2, -0.15) is 0 Å². The second-order valence-corrected chi connectivity index (χ2v) is 5.89. The van der Waals surface area contributed by atoms with Gasteiger partial charge in [-0.15, -0.1) is 11.3 Å². The molecule has 2 heterocycles. The van der Waals surface area contributed by atoms with Crippen LogP contribution in [0.4, 0.5) is 5.82 Å². The van der Waals surface area contributed by atoms with Gasteiger partial charge in [0.1, 0.15) is 5.82 Å². The van der Waals surface area contributed by atoms with Gasteiger partial charge in [0.25, 0.3) is 0 Å². The lowest BCUT2D eigenvalue weighted by molar-refractivity contribution is -0.115. The van der Waals surface area contributed by atoms with E-state index >= 15 is 0 Å². The van der Waals surface area contributed by atoms with Crippen LogP contribution in [0.2, 0.25) is 0 Å². The van der Waals surface area contributed by atoms with E-state index in [1.165, 1.54) is 11.3 Å². The Bertz CT molecular complexity index is 652. The molecule has 0 saturated heterocycles. The second kappa shape index (κ2) is 8.42. The molecule has 23 heavy (non-hydrogen) atoms. The Morgan fingerprint density at radius 3 is 2.87 bits per heavy atom. The molecule has 0 atom stereocenters. The molecule has 2 rings (SSSR count). The number of hydrogen-bond acceptors (Lipinski definition) is 6. The highest BCUT2D eigenvalue weighted by molar-refractivity contribution is 7.09. The van der Waals surface area contributed by atoms with Crippen LogP contribution in [-0.4, -0.2) is 33.4 Å². The molecule has 0 saturated carbocycles. The lowest BCUT2D eigenvalue weighted by atomic mass is 10.2. The molecule has 8 heteroatoms. The van der Waals surface area contributed by atoms with Crippen molar-refractivity contribution in [1.82, 2.24) is 15.0 Å². The molecule has 7 nitrogen and oxygen atoms in total. The van der Waals surface area contributed by atoms with Crippen molar-refractivity contribution < 1.29 is 14.3 Å². The van der Waals surface area contributed by atoms with Crippen molar-refractivity contribution in [2.24, 2.45) is 0 Å². The third-order valence-electron chi connectivity index (χ3n) is 3.08. The maximum absolute atomic E-state index is 12.1. The molecule has 0 aliphatic rings. The first-order chi connectivity index (χ1) is 11.1. The van der Waals surface area contributed by atoms with E-state index in [9.17, 15) is 9.59 Å². The van der Waals surface area contributed by atoms with Crippen molar-refractivity contribution in [3.05, 3.63) is 28.1 Å². The van der Waals surface area contributed by atoms with Gasteiger partial charge in [0.05, 0.1) is 18.5 Å². The Morgan fingerprint density at radius 2 is 2.22 bits per heavy atom. The lowest BCUT2D eigenvalue weighted by Gasteiger charge is -2.04. The van der Waals surface area contributed by atoms with Crippen molar-refractivity contribution in [3.63, 3.8) is 0 Å². The van der Waals surface area contributed by atoms with Gasteiger partial charge in [-0.1, -0.05) is 13.3 Å². The third-order valence-corrected chi connectivity index (χ3v) is 3.86. The number of imidazole rings is 1. The minimum atomic E-state index is -0.518. The summed E-state index contributed by atoms with van der Waals surface area (Å²) in [5.41, 5.74) is 1.86. The van der Waals surface area contributed by atoms with Crippen molar-refractivity contribution in [2.75, 3.05) is 11.9 Å². The molecule has 0 aliphatic carbocycles. The predicted octanol–water partition coefficient (Wildman–Crippen LogP) is 2.57. The molecule has 2 aromatic rings. The number of esters is 1. The van der Waals surface area contributed by atoms with E-state index in [2.05, 4.69) is 27.2 Å². The van der Waals surface area contributed by atoms with Crippen LogP contribution in [0.1, 0.15) is 47.9 Å². The van der Waals surface area contributed by atoms with Gasteiger partial charge in [-0.05, 0) is 13.3 Å². The van der Waals surface area contributed by atoms with E-state index in [0.717, 1.165) is 17.7 Å². The molecule has 124 valence electrons. The Hall–Kier alpha value is -2.22. The Balaban J connectivity index is 2.12. The van der Waals surface area contributed by atoms with Gasteiger partial charge >= 0.3 is 5.97 Å². The number of nitrogens with zero attached hydrogens (tertiary/aromatic N) is 2. The first-order valence-electron chi connectivity index (χ1n) is 7.57. The van der Waals surface area contributed by atoms with Gasteiger partial charge in [0, 0.05) is 17.5 Å². The number of aromatic amines is 1. The van der Waals surface area contributed by atoms with Crippen LogP contribution >= 0.6 is 11.3 Å². The molecule has 2 N–H and O–H groups in total. The number of rotatable bonds is 8.